The quantitative estimate of drug-likeness (QED) is 0.809. The zero-order valence-corrected chi connectivity index (χ0v) is 8.53. The van der Waals surface area contributed by atoms with Crippen LogP contribution in [0.1, 0.15) is 10.4 Å². The zero-order valence-electron chi connectivity index (χ0n) is 7.71. The lowest BCUT2D eigenvalue weighted by Gasteiger charge is -1.96. The Hall–Kier alpha value is -1.81. The Balaban J connectivity index is 2.41. The van der Waals surface area contributed by atoms with Crippen molar-refractivity contribution in [3.63, 3.8) is 0 Å². The van der Waals surface area contributed by atoms with Crippen LogP contribution in [-0.2, 0) is 4.79 Å². The van der Waals surface area contributed by atoms with E-state index in [0.29, 0.717) is 0 Å². The highest BCUT2D eigenvalue weighted by atomic mass is 32.1. The maximum atomic E-state index is 11.0. The molecule has 0 radical (unpaired) electrons. The van der Waals surface area contributed by atoms with Crippen LogP contribution in [-0.4, -0.2) is 11.1 Å². The molecule has 0 spiro atoms. The second kappa shape index (κ2) is 4.14. The van der Waals surface area contributed by atoms with E-state index in [9.17, 15) is 4.79 Å². The van der Waals surface area contributed by atoms with Crippen LogP contribution < -0.4 is 0 Å². The van der Waals surface area contributed by atoms with Crippen molar-refractivity contribution < 1.29 is 14.3 Å². The fraction of sp³-hybridized carbons (Fsp3) is 0. The van der Waals surface area contributed by atoms with Gasteiger partial charge in [-0.25, -0.2) is 4.79 Å². The molecule has 2 aromatic heterocycles. The molecule has 3 nitrogen and oxygen atoms in total. The van der Waals surface area contributed by atoms with E-state index >= 15 is 0 Å². The zero-order chi connectivity index (χ0) is 10.7. The predicted molar refractivity (Wildman–Crippen MR) is 58.5 cm³/mol. The molecule has 0 aromatic carbocycles. The van der Waals surface area contributed by atoms with E-state index < -0.39 is 5.97 Å². The molecule has 0 amide bonds. The van der Waals surface area contributed by atoms with Crippen LogP contribution >= 0.6 is 11.3 Å². The molecule has 0 fully saturated rings. The average molecular weight is 220 g/mol. The maximum Gasteiger partial charge on any atom is 0.337 e. The lowest BCUT2D eigenvalue weighted by Crippen LogP contribution is -1.97. The number of carboxylic acid groups (broad SMARTS) is 1. The van der Waals surface area contributed by atoms with Gasteiger partial charge in [-0.1, -0.05) is 6.07 Å². The first-order chi connectivity index (χ1) is 7.27. The minimum Gasteiger partial charge on any atom is -0.478 e. The molecule has 15 heavy (non-hydrogen) atoms. The first-order valence-electron chi connectivity index (χ1n) is 4.28. The predicted octanol–water partition coefficient (Wildman–Crippen LogP) is 2.97. The summed E-state index contributed by atoms with van der Waals surface area (Å²) in [5.74, 6) is -0.932. The van der Waals surface area contributed by atoms with Gasteiger partial charge in [0.25, 0.3) is 0 Å². The second-order valence-corrected chi connectivity index (χ2v) is 3.84. The molecule has 2 aromatic rings. The van der Waals surface area contributed by atoms with Crippen LogP contribution in [0.3, 0.4) is 0 Å². The first kappa shape index (κ1) is 9.73. The number of carboxylic acids is 1. The van der Waals surface area contributed by atoms with Crippen molar-refractivity contribution in [3.8, 4) is 0 Å². The molecule has 1 N–H and O–H groups in total. The summed E-state index contributed by atoms with van der Waals surface area (Å²) < 4.78 is 4.88. The Bertz CT molecular complexity index is 466. The van der Waals surface area contributed by atoms with Crippen molar-refractivity contribution in [3.05, 3.63) is 46.5 Å². The number of thiophene rings is 1. The van der Waals surface area contributed by atoms with Crippen LogP contribution in [0.25, 0.3) is 11.6 Å². The molecule has 0 saturated carbocycles. The van der Waals surface area contributed by atoms with Crippen LogP contribution in [0.2, 0.25) is 0 Å². The van der Waals surface area contributed by atoms with E-state index in [1.165, 1.54) is 23.9 Å². The highest BCUT2D eigenvalue weighted by Gasteiger charge is 2.11. The van der Waals surface area contributed by atoms with Gasteiger partial charge >= 0.3 is 5.97 Å². The minimum atomic E-state index is -0.932. The molecule has 76 valence electrons. The lowest BCUT2D eigenvalue weighted by molar-refractivity contribution is -0.130. The Morgan fingerprint density at radius 2 is 2.33 bits per heavy atom. The molecule has 0 saturated heterocycles. The van der Waals surface area contributed by atoms with Crippen LogP contribution in [0.15, 0.2) is 40.5 Å². The van der Waals surface area contributed by atoms with E-state index in [1.807, 2.05) is 11.4 Å². The third-order valence-corrected chi connectivity index (χ3v) is 2.77. The largest absolute Gasteiger partial charge is 0.478 e. The molecule has 0 unspecified atom stereocenters. The Morgan fingerprint density at radius 1 is 1.47 bits per heavy atom. The highest BCUT2D eigenvalue weighted by Crippen LogP contribution is 2.23. The van der Waals surface area contributed by atoms with E-state index in [4.69, 9.17) is 9.52 Å². The van der Waals surface area contributed by atoms with Crippen molar-refractivity contribution in [2.75, 3.05) is 0 Å². The Kier molecular flexibility index (Phi) is 2.69. The molecule has 0 atom stereocenters. The van der Waals surface area contributed by atoms with Crippen molar-refractivity contribution in [1.82, 2.24) is 0 Å². The third-order valence-electron chi connectivity index (χ3n) is 1.87. The Morgan fingerprint density at radius 3 is 2.87 bits per heavy atom. The summed E-state index contributed by atoms with van der Waals surface area (Å²) >= 11 is 1.40. The summed E-state index contributed by atoms with van der Waals surface area (Å²) in [5, 5.41) is 10.9. The Labute approximate surface area is 90.3 Å². The van der Waals surface area contributed by atoms with Crippen molar-refractivity contribution >= 4 is 29.0 Å². The van der Waals surface area contributed by atoms with E-state index in [-0.39, 0.29) is 5.57 Å². The van der Waals surface area contributed by atoms with Gasteiger partial charge in [-0.3, -0.25) is 0 Å². The number of hydrogen-bond donors (Lipinski definition) is 1. The summed E-state index contributed by atoms with van der Waals surface area (Å²) in [6.45, 7) is 0. The van der Waals surface area contributed by atoms with E-state index in [0.717, 1.165) is 10.4 Å². The van der Waals surface area contributed by atoms with Crippen LogP contribution in [0.5, 0.6) is 0 Å². The van der Waals surface area contributed by atoms with Gasteiger partial charge < -0.3 is 9.52 Å². The SMILES string of the molecule is O=C(O)C(=Cc1ccoc1)c1cccs1. The van der Waals surface area contributed by atoms with E-state index in [1.54, 1.807) is 18.2 Å². The first-order valence-corrected chi connectivity index (χ1v) is 5.16. The topological polar surface area (TPSA) is 50.4 Å². The fourth-order valence-corrected chi connectivity index (χ4v) is 1.93. The summed E-state index contributed by atoms with van der Waals surface area (Å²) in [6, 6.07) is 5.33. The van der Waals surface area contributed by atoms with Gasteiger partial charge in [-0.15, -0.1) is 11.3 Å². The standard InChI is InChI=1S/C11H8O3S/c12-11(13)9(10-2-1-5-15-10)6-8-3-4-14-7-8/h1-7H,(H,12,13). The summed E-state index contributed by atoms with van der Waals surface area (Å²) in [7, 11) is 0. The van der Waals surface area contributed by atoms with Crippen LogP contribution in [0.4, 0.5) is 0 Å². The average Bonchev–Trinajstić information content (AvgIpc) is 2.87. The van der Waals surface area contributed by atoms with Gasteiger partial charge in [-0.05, 0) is 23.6 Å². The fourth-order valence-electron chi connectivity index (χ4n) is 1.19. The number of hydrogen-bond acceptors (Lipinski definition) is 3. The van der Waals surface area contributed by atoms with Gasteiger partial charge in [0, 0.05) is 10.4 Å². The molecule has 2 rings (SSSR count). The van der Waals surface area contributed by atoms with Gasteiger partial charge in [-0.2, -0.15) is 0 Å². The normalized spacial score (nSPS) is 11.6. The molecule has 0 aliphatic carbocycles. The molecule has 0 aliphatic heterocycles. The third kappa shape index (κ3) is 2.16. The van der Waals surface area contributed by atoms with Gasteiger partial charge in [0.05, 0.1) is 18.1 Å². The molecule has 0 aliphatic rings. The van der Waals surface area contributed by atoms with Crippen molar-refractivity contribution in [2.24, 2.45) is 0 Å². The highest BCUT2D eigenvalue weighted by molar-refractivity contribution is 7.11. The molecule has 4 heteroatoms. The summed E-state index contributed by atoms with van der Waals surface area (Å²) in [4.78, 5) is 11.8. The minimum absolute atomic E-state index is 0.284. The molecular formula is C11H8O3S. The van der Waals surface area contributed by atoms with Gasteiger partial charge in [0.2, 0.25) is 0 Å². The molecular weight excluding hydrogens is 212 g/mol. The lowest BCUT2D eigenvalue weighted by atomic mass is 10.1. The molecule has 2 heterocycles. The molecule has 0 bridgehead atoms. The number of carbonyl (C=O) groups is 1. The van der Waals surface area contributed by atoms with Crippen molar-refractivity contribution in [1.29, 1.82) is 0 Å². The number of rotatable bonds is 3. The summed E-state index contributed by atoms with van der Waals surface area (Å²) in [5.41, 5.74) is 1.03. The van der Waals surface area contributed by atoms with Crippen molar-refractivity contribution in [2.45, 2.75) is 0 Å². The monoisotopic (exact) mass is 220 g/mol. The maximum absolute atomic E-state index is 11.0. The smallest absolute Gasteiger partial charge is 0.337 e. The summed E-state index contributed by atoms with van der Waals surface area (Å²) in [6.07, 6.45) is 4.62. The van der Waals surface area contributed by atoms with Gasteiger partial charge in [0.1, 0.15) is 0 Å². The number of aliphatic carboxylic acids is 1. The number of furan rings is 1. The second-order valence-electron chi connectivity index (χ2n) is 2.90. The van der Waals surface area contributed by atoms with Crippen LogP contribution in [0, 0.1) is 0 Å². The van der Waals surface area contributed by atoms with Gasteiger partial charge in [0.15, 0.2) is 0 Å². The van der Waals surface area contributed by atoms with E-state index in [2.05, 4.69) is 0 Å².